The molecule has 0 saturated heterocycles. The van der Waals surface area contributed by atoms with Crippen LogP contribution in [0.15, 0.2) is 24.3 Å². The average Bonchev–Trinajstić information content (AvgIpc) is 2.46. The highest BCUT2D eigenvalue weighted by molar-refractivity contribution is 7.19. The van der Waals surface area contributed by atoms with Crippen LogP contribution in [-0.2, 0) is 0 Å². The zero-order valence-corrected chi connectivity index (χ0v) is 9.62. The van der Waals surface area contributed by atoms with Gasteiger partial charge >= 0.3 is 0 Å². The average molecular weight is 242 g/mol. The summed E-state index contributed by atoms with van der Waals surface area (Å²) in [4.78, 5) is 0.829. The smallest absolute Gasteiger partial charge is 0.133 e. The second-order valence-corrected chi connectivity index (χ2v) is 4.96. The van der Waals surface area contributed by atoms with Crippen molar-refractivity contribution in [1.82, 2.24) is 0 Å². The van der Waals surface area contributed by atoms with Gasteiger partial charge in [0.1, 0.15) is 5.82 Å². The van der Waals surface area contributed by atoms with Gasteiger partial charge in [0.05, 0.1) is 4.34 Å². The number of aryl methyl sites for hydroxylation is 1. The molecule has 1 heterocycles. The van der Waals surface area contributed by atoms with Crippen molar-refractivity contribution in [3.63, 3.8) is 0 Å². The van der Waals surface area contributed by atoms with Gasteiger partial charge in [-0.2, -0.15) is 0 Å². The van der Waals surface area contributed by atoms with Crippen LogP contribution in [0.2, 0.25) is 4.34 Å². The van der Waals surface area contributed by atoms with Gasteiger partial charge in [-0.3, -0.25) is 0 Å². The van der Waals surface area contributed by atoms with Crippen LogP contribution < -0.4 is 5.73 Å². The van der Waals surface area contributed by atoms with Gasteiger partial charge in [-0.1, -0.05) is 11.6 Å². The Morgan fingerprint density at radius 3 is 2.60 bits per heavy atom. The van der Waals surface area contributed by atoms with Crippen molar-refractivity contribution in [3.8, 4) is 10.4 Å². The number of nitrogen functional groups attached to an aromatic ring is 1. The third kappa shape index (κ3) is 1.98. The molecule has 0 aliphatic carbocycles. The van der Waals surface area contributed by atoms with E-state index in [1.807, 2.05) is 13.0 Å². The predicted octanol–water partition coefficient (Wildman–Crippen LogP) is 4.10. The first-order valence-corrected chi connectivity index (χ1v) is 5.58. The first-order chi connectivity index (χ1) is 7.08. The zero-order valence-electron chi connectivity index (χ0n) is 8.05. The summed E-state index contributed by atoms with van der Waals surface area (Å²) in [5, 5.41) is 0. The van der Waals surface area contributed by atoms with Crippen molar-refractivity contribution in [1.29, 1.82) is 0 Å². The van der Waals surface area contributed by atoms with E-state index >= 15 is 0 Å². The maximum absolute atomic E-state index is 13.6. The number of hydrogen-bond donors (Lipinski definition) is 1. The van der Waals surface area contributed by atoms with E-state index < -0.39 is 0 Å². The molecule has 0 bridgehead atoms. The molecule has 0 atom stereocenters. The highest BCUT2D eigenvalue weighted by Gasteiger charge is 2.09. The lowest BCUT2D eigenvalue weighted by atomic mass is 10.1. The van der Waals surface area contributed by atoms with Crippen molar-refractivity contribution in [2.45, 2.75) is 6.92 Å². The molecule has 2 N–H and O–H groups in total. The molecule has 2 rings (SSSR count). The summed E-state index contributed by atoms with van der Waals surface area (Å²) < 4.78 is 14.3. The van der Waals surface area contributed by atoms with Crippen LogP contribution >= 0.6 is 22.9 Å². The van der Waals surface area contributed by atoms with E-state index in [1.165, 1.54) is 17.4 Å². The first-order valence-electron chi connectivity index (χ1n) is 4.39. The summed E-state index contributed by atoms with van der Waals surface area (Å²) in [6.45, 7) is 1.90. The molecule has 0 aliphatic rings. The third-order valence-corrected chi connectivity index (χ3v) is 3.70. The fraction of sp³-hybridized carbons (Fsp3) is 0.0909. The van der Waals surface area contributed by atoms with Crippen molar-refractivity contribution < 1.29 is 4.39 Å². The lowest BCUT2D eigenvalue weighted by molar-refractivity contribution is 0.632. The van der Waals surface area contributed by atoms with Gasteiger partial charge in [-0.05, 0) is 36.8 Å². The second-order valence-electron chi connectivity index (χ2n) is 3.31. The standard InChI is InChI=1S/C11H9ClFNS/c1-6-4-10(15-11(6)12)8-3-2-7(14)5-9(8)13/h2-5H,14H2,1H3. The molecule has 78 valence electrons. The number of thiophene rings is 1. The Balaban J connectivity index is 2.54. The summed E-state index contributed by atoms with van der Waals surface area (Å²) in [5.74, 6) is -0.312. The monoisotopic (exact) mass is 241 g/mol. The third-order valence-electron chi connectivity index (χ3n) is 2.12. The Bertz CT molecular complexity index is 488. The Labute approximate surface area is 96.3 Å². The molecule has 15 heavy (non-hydrogen) atoms. The Morgan fingerprint density at radius 1 is 1.33 bits per heavy atom. The molecule has 0 spiro atoms. The molecule has 1 nitrogen and oxygen atoms in total. The molecule has 0 radical (unpaired) electrons. The van der Waals surface area contributed by atoms with Gasteiger partial charge in [-0.25, -0.2) is 4.39 Å². The van der Waals surface area contributed by atoms with Gasteiger partial charge in [0.2, 0.25) is 0 Å². The van der Waals surface area contributed by atoms with E-state index in [-0.39, 0.29) is 5.82 Å². The van der Waals surface area contributed by atoms with Gasteiger partial charge in [0.25, 0.3) is 0 Å². The number of halogens is 2. The second kappa shape index (κ2) is 3.83. The molecule has 1 aromatic carbocycles. The molecule has 0 amide bonds. The number of benzene rings is 1. The molecule has 0 fully saturated rings. The van der Waals surface area contributed by atoms with Gasteiger partial charge in [0, 0.05) is 16.1 Å². The van der Waals surface area contributed by atoms with Crippen LogP contribution in [0.25, 0.3) is 10.4 Å². The fourth-order valence-electron chi connectivity index (χ4n) is 1.32. The highest BCUT2D eigenvalue weighted by atomic mass is 35.5. The Kier molecular flexibility index (Phi) is 2.67. The highest BCUT2D eigenvalue weighted by Crippen LogP contribution is 2.35. The van der Waals surface area contributed by atoms with Crippen molar-refractivity contribution in [2.24, 2.45) is 0 Å². The number of anilines is 1. The zero-order chi connectivity index (χ0) is 11.0. The number of nitrogens with two attached hydrogens (primary N) is 1. The van der Waals surface area contributed by atoms with Crippen LogP contribution in [0.1, 0.15) is 5.56 Å². The summed E-state index contributed by atoms with van der Waals surface area (Å²) in [7, 11) is 0. The minimum Gasteiger partial charge on any atom is -0.399 e. The summed E-state index contributed by atoms with van der Waals surface area (Å²) >= 11 is 7.31. The maximum atomic E-state index is 13.6. The van der Waals surface area contributed by atoms with Crippen LogP contribution in [-0.4, -0.2) is 0 Å². The Hall–Kier alpha value is -1.06. The van der Waals surface area contributed by atoms with Crippen molar-refractivity contribution in [3.05, 3.63) is 40.0 Å². The molecule has 2 aromatic rings. The van der Waals surface area contributed by atoms with Crippen LogP contribution in [0.4, 0.5) is 10.1 Å². The van der Waals surface area contributed by atoms with E-state index in [0.717, 1.165) is 10.4 Å². The van der Waals surface area contributed by atoms with Crippen molar-refractivity contribution >= 4 is 28.6 Å². The van der Waals surface area contributed by atoms with Gasteiger partial charge in [0.15, 0.2) is 0 Å². The molecular formula is C11H9ClFNS. The molecule has 0 aliphatic heterocycles. The normalized spacial score (nSPS) is 10.6. The summed E-state index contributed by atoms with van der Waals surface area (Å²) in [6.07, 6.45) is 0. The molecular weight excluding hydrogens is 233 g/mol. The summed E-state index contributed by atoms with van der Waals surface area (Å²) in [5.41, 5.74) is 7.42. The van der Waals surface area contributed by atoms with Crippen LogP contribution in [0, 0.1) is 12.7 Å². The van der Waals surface area contributed by atoms with E-state index in [9.17, 15) is 4.39 Å². The lowest BCUT2D eigenvalue weighted by Crippen LogP contribution is -1.87. The van der Waals surface area contributed by atoms with Gasteiger partial charge < -0.3 is 5.73 Å². The van der Waals surface area contributed by atoms with Crippen LogP contribution in [0.3, 0.4) is 0 Å². The largest absolute Gasteiger partial charge is 0.399 e. The van der Waals surface area contributed by atoms with Gasteiger partial charge in [-0.15, -0.1) is 11.3 Å². The number of hydrogen-bond acceptors (Lipinski definition) is 2. The molecule has 0 unspecified atom stereocenters. The minimum atomic E-state index is -0.312. The van der Waals surface area contributed by atoms with Crippen molar-refractivity contribution in [2.75, 3.05) is 5.73 Å². The lowest BCUT2D eigenvalue weighted by Gasteiger charge is -2.00. The summed E-state index contributed by atoms with van der Waals surface area (Å²) in [6, 6.07) is 6.55. The van der Waals surface area contributed by atoms with Crippen LogP contribution in [0.5, 0.6) is 0 Å². The predicted molar refractivity (Wildman–Crippen MR) is 63.9 cm³/mol. The van der Waals surface area contributed by atoms with E-state index in [4.69, 9.17) is 17.3 Å². The van der Waals surface area contributed by atoms with E-state index in [1.54, 1.807) is 12.1 Å². The minimum absolute atomic E-state index is 0.312. The van der Waals surface area contributed by atoms with E-state index in [2.05, 4.69) is 0 Å². The van der Waals surface area contributed by atoms with E-state index in [0.29, 0.717) is 15.6 Å². The SMILES string of the molecule is Cc1cc(-c2ccc(N)cc2F)sc1Cl. The number of rotatable bonds is 1. The quantitative estimate of drug-likeness (QED) is 0.748. The topological polar surface area (TPSA) is 26.0 Å². The molecule has 4 heteroatoms. The Morgan fingerprint density at radius 2 is 2.07 bits per heavy atom. The fourth-order valence-corrected chi connectivity index (χ4v) is 2.55. The first kappa shape index (κ1) is 10.5. The molecule has 1 aromatic heterocycles. The maximum Gasteiger partial charge on any atom is 0.133 e. The molecule has 0 saturated carbocycles.